The van der Waals surface area contributed by atoms with Crippen molar-refractivity contribution in [1.29, 1.82) is 0 Å². The van der Waals surface area contributed by atoms with Crippen molar-refractivity contribution in [3.8, 4) is 18.1 Å². The molecule has 0 saturated carbocycles. The van der Waals surface area contributed by atoms with Gasteiger partial charge in [0.05, 0.1) is 18.8 Å². The average Bonchev–Trinajstić information content (AvgIpc) is 3.17. The summed E-state index contributed by atoms with van der Waals surface area (Å²) >= 11 is 5.30. The van der Waals surface area contributed by atoms with E-state index in [4.69, 9.17) is 37.6 Å². The standard InChI is InChI=1S/C21H19F3N2O6S/c1-3-8-30-15-9-17(26-10-13(21(22,23)24)18(27)25-20(26)28)32-16(15)11-31-19(33)12-6-4-5-7-14(12)29-2/h1,4-7,10,15-17H,8-9,11H2,2H3,(H,25,27,28)/t15-,16+,17+/m0/s1. The molecule has 3 atom stereocenters. The molecule has 2 heterocycles. The number of thiocarbonyl (C=S) groups is 1. The van der Waals surface area contributed by atoms with E-state index < -0.39 is 41.4 Å². The minimum Gasteiger partial charge on any atom is -0.496 e. The lowest BCUT2D eigenvalue weighted by atomic mass is 10.2. The summed E-state index contributed by atoms with van der Waals surface area (Å²) in [6.07, 6.45) is -1.99. The first-order valence-corrected chi connectivity index (χ1v) is 9.99. The number of hydrogen-bond acceptors (Lipinski definition) is 7. The molecule has 1 saturated heterocycles. The average molecular weight is 484 g/mol. The number of alkyl halides is 3. The number of nitrogens with one attached hydrogen (secondary N) is 1. The predicted octanol–water partition coefficient (Wildman–Crippen LogP) is 2.26. The van der Waals surface area contributed by atoms with Crippen molar-refractivity contribution < 1.29 is 32.1 Å². The smallest absolute Gasteiger partial charge is 0.423 e. The van der Waals surface area contributed by atoms with Gasteiger partial charge in [-0.3, -0.25) is 14.3 Å². The molecule has 0 unspecified atom stereocenters. The molecule has 33 heavy (non-hydrogen) atoms. The van der Waals surface area contributed by atoms with Gasteiger partial charge in [0.15, 0.2) is 5.05 Å². The van der Waals surface area contributed by atoms with Crippen LogP contribution >= 0.6 is 12.2 Å². The molecule has 1 fully saturated rings. The third-order valence-corrected chi connectivity index (χ3v) is 5.19. The predicted molar refractivity (Wildman–Crippen MR) is 114 cm³/mol. The van der Waals surface area contributed by atoms with Crippen LogP contribution in [-0.2, 0) is 20.4 Å². The topological polar surface area (TPSA) is 91.8 Å². The summed E-state index contributed by atoms with van der Waals surface area (Å²) in [4.78, 5) is 25.4. The summed E-state index contributed by atoms with van der Waals surface area (Å²) < 4.78 is 62.2. The highest BCUT2D eigenvalue weighted by Gasteiger charge is 2.40. The van der Waals surface area contributed by atoms with E-state index in [-0.39, 0.29) is 24.7 Å². The van der Waals surface area contributed by atoms with Gasteiger partial charge in [-0.1, -0.05) is 18.1 Å². The zero-order valence-corrected chi connectivity index (χ0v) is 18.1. The minimum absolute atomic E-state index is 0.0135. The number of methoxy groups -OCH3 is 1. The van der Waals surface area contributed by atoms with E-state index in [9.17, 15) is 22.8 Å². The number of halogens is 3. The Morgan fingerprint density at radius 3 is 2.76 bits per heavy atom. The van der Waals surface area contributed by atoms with Crippen LogP contribution in [0.15, 0.2) is 40.1 Å². The van der Waals surface area contributed by atoms with Crippen molar-refractivity contribution >= 4 is 17.3 Å². The van der Waals surface area contributed by atoms with Crippen LogP contribution in [0.5, 0.6) is 5.75 Å². The highest BCUT2D eigenvalue weighted by atomic mass is 32.1. The molecule has 1 aromatic heterocycles. The van der Waals surface area contributed by atoms with Crippen LogP contribution in [0.4, 0.5) is 13.2 Å². The molecule has 8 nitrogen and oxygen atoms in total. The Morgan fingerprint density at radius 2 is 2.09 bits per heavy atom. The second-order valence-electron chi connectivity index (χ2n) is 6.92. The van der Waals surface area contributed by atoms with Crippen LogP contribution in [0.2, 0.25) is 0 Å². The molecule has 1 aromatic carbocycles. The van der Waals surface area contributed by atoms with Crippen molar-refractivity contribution in [2.24, 2.45) is 0 Å². The fourth-order valence-corrected chi connectivity index (χ4v) is 3.54. The largest absolute Gasteiger partial charge is 0.496 e. The van der Waals surface area contributed by atoms with Crippen molar-refractivity contribution in [3.63, 3.8) is 0 Å². The molecular weight excluding hydrogens is 465 g/mol. The maximum absolute atomic E-state index is 13.1. The molecule has 0 radical (unpaired) electrons. The summed E-state index contributed by atoms with van der Waals surface area (Å²) in [6.45, 7) is -0.227. The fourth-order valence-electron chi connectivity index (χ4n) is 3.30. The van der Waals surface area contributed by atoms with Crippen molar-refractivity contribution in [3.05, 3.63) is 62.4 Å². The molecule has 12 heteroatoms. The second-order valence-corrected chi connectivity index (χ2v) is 7.30. The van der Waals surface area contributed by atoms with E-state index in [1.807, 2.05) is 0 Å². The van der Waals surface area contributed by atoms with Crippen LogP contribution < -0.4 is 16.0 Å². The lowest BCUT2D eigenvalue weighted by Gasteiger charge is -2.19. The molecule has 0 aliphatic carbocycles. The number of aromatic nitrogens is 2. The van der Waals surface area contributed by atoms with E-state index in [0.29, 0.717) is 22.1 Å². The normalized spacial score (nSPS) is 20.3. The van der Waals surface area contributed by atoms with E-state index in [1.54, 1.807) is 29.2 Å². The Bertz CT molecular complexity index is 1170. The Balaban J connectivity index is 1.81. The Hall–Kier alpha value is -3.14. The van der Waals surface area contributed by atoms with Gasteiger partial charge in [0.25, 0.3) is 5.56 Å². The number of benzene rings is 1. The summed E-state index contributed by atoms with van der Waals surface area (Å²) in [7, 11) is 1.48. The maximum atomic E-state index is 13.1. The number of ether oxygens (including phenoxy) is 4. The van der Waals surface area contributed by atoms with Gasteiger partial charge in [-0.25, -0.2) is 4.79 Å². The van der Waals surface area contributed by atoms with Gasteiger partial charge in [0, 0.05) is 12.6 Å². The number of terminal acetylenes is 1. The van der Waals surface area contributed by atoms with Gasteiger partial charge in [-0.2, -0.15) is 13.2 Å². The Labute approximate surface area is 191 Å². The summed E-state index contributed by atoms with van der Waals surface area (Å²) in [5.74, 6) is 2.79. The number of rotatable bonds is 7. The molecule has 0 spiro atoms. The third-order valence-electron chi connectivity index (χ3n) is 4.85. The van der Waals surface area contributed by atoms with Crippen LogP contribution in [0.1, 0.15) is 23.8 Å². The van der Waals surface area contributed by atoms with Crippen LogP contribution in [0.3, 0.4) is 0 Å². The second kappa shape index (κ2) is 10.2. The number of aromatic amines is 1. The van der Waals surface area contributed by atoms with Crippen molar-refractivity contribution in [2.45, 2.75) is 31.0 Å². The van der Waals surface area contributed by atoms with Gasteiger partial charge in [0.2, 0.25) is 0 Å². The lowest BCUT2D eigenvalue weighted by Crippen LogP contribution is -2.36. The Morgan fingerprint density at radius 1 is 1.36 bits per heavy atom. The minimum atomic E-state index is -4.95. The number of para-hydroxylation sites is 1. The van der Waals surface area contributed by atoms with Crippen molar-refractivity contribution in [1.82, 2.24) is 9.55 Å². The van der Waals surface area contributed by atoms with Gasteiger partial charge in [0.1, 0.15) is 36.9 Å². The molecule has 176 valence electrons. The lowest BCUT2D eigenvalue weighted by molar-refractivity contribution is -0.139. The summed E-state index contributed by atoms with van der Waals surface area (Å²) in [6, 6.07) is 6.91. The zero-order valence-electron chi connectivity index (χ0n) is 17.3. The summed E-state index contributed by atoms with van der Waals surface area (Å²) in [5.41, 5.74) is -3.59. The Kier molecular flexibility index (Phi) is 7.57. The van der Waals surface area contributed by atoms with E-state index in [2.05, 4.69) is 5.92 Å². The first-order valence-electron chi connectivity index (χ1n) is 9.59. The molecule has 1 aliphatic heterocycles. The molecule has 3 rings (SSSR count). The quantitative estimate of drug-likeness (QED) is 0.476. The maximum Gasteiger partial charge on any atom is 0.423 e. The van der Waals surface area contributed by atoms with E-state index in [0.717, 1.165) is 0 Å². The van der Waals surface area contributed by atoms with Gasteiger partial charge in [-0.15, -0.1) is 6.42 Å². The molecule has 1 N–H and O–H groups in total. The molecule has 2 aromatic rings. The number of nitrogens with zero attached hydrogens (tertiary/aromatic N) is 1. The van der Waals surface area contributed by atoms with Crippen LogP contribution in [-0.4, -0.2) is 47.1 Å². The highest BCUT2D eigenvalue weighted by Crippen LogP contribution is 2.32. The van der Waals surface area contributed by atoms with Crippen LogP contribution in [0.25, 0.3) is 0 Å². The van der Waals surface area contributed by atoms with E-state index in [1.165, 1.54) is 7.11 Å². The summed E-state index contributed by atoms with van der Waals surface area (Å²) in [5, 5.41) is 0.107. The molecular formula is C21H19F3N2O6S. The fraction of sp³-hybridized carbons (Fsp3) is 0.381. The SMILES string of the molecule is C#CCO[C@H]1C[C@H](n2cc(C(F)(F)F)c(=O)[nH]c2=O)O[C@@H]1COC(=S)c1ccccc1OC. The zero-order chi connectivity index (χ0) is 24.2. The van der Waals surface area contributed by atoms with Gasteiger partial charge < -0.3 is 18.9 Å². The third kappa shape index (κ3) is 5.62. The van der Waals surface area contributed by atoms with Crippen LogP contribution in [0, 0.1) is 12.3 Å². The molecule has 0 bridgehead atoms. The van der Waals surface area contributed by atoms with E-state index >= 15 is 0 Å². The molecule has 0 amide bonds. The number of hydrogen-bond donors (Lipinski definition) is 1. The monoisotopic (exact) mass is 484 g/mol. The first-order chi connectivity index (χ1) is 15.7. The number of H-pyrrole nitrogens is 1. The van der Waals surface area contributed by atoms with Gasteiger partial charge >= 0.3 is 11.9 Å². The highest BCUT2D eigenvalue weighted by molar-refractivity contribution is 7.80. The van der Waals surface area contributed by atoms with Crippen molar-refractivity contribution in [2.75, 3.05) is 20.3 Å². The van der Waals surface area contributed by atoms with Gasteiger partial charge in [-0.05, 0) is 24.4 Å². The molecule has 1 aliphatic rings. The first kappa shape index (κ1) is 24.5.